The summed E-state index contributed by atoms with van der Waals surface area (Å²) < 4.78 is 5.12. The molecule has 0 heterocycles. The second-order valence-electron chi connectivity index (χ2n) is 2.60. The van der Waals surface area contributed by atoms with Crippen LogP contribution in [0.15, 0.2) is 12.1 Å². The Balaban J connectivity index is 3.36. The van der Waals surface area contributed by atoms with E-state index in [0.29, 0.717) is 16.3 Å². The number of nitriles is 1. The van der Waals surface area contributed by atoms with Gasteiger partial charge in [-0.3, -0.25) is 0 Å². The van der Waals surface area contributed by atoms with Gasteiger partial charge in [-0.2, -0.15) is 5.26 Å². The van der Waals surface area contributed by atoms with Gasteiger partial charge >= 0.3 is 0 Å². The summed E-state index contributed by atoms with van der Waals surface area (Å²) in [6.07, 6.45) is 0.767. The van der Waals surface area contributed by atoms with Gasteiger partial charge in [0.05, 0.1) is 18.7 Å². The Morgan fingerprint density at radius 3 is 2.69 bits per heavy atom. The molecule has 0 aliphatic heterocycles. The first-order valence-electron chi connectivity index (χ1n) is 3.99. The lowest BCUT2D eigenvalue weighted by atomic mass is 10.1. The Hall–Kier alpha value is -1.20. The second-order valence-corrected chi connectivity index (χ2v) is 3.04. The van der Waals surface area contributed by atoms with Crippen molar-refractivity contribution in [1.29, 1.82) is 5.26 Å². The van der Waals surface area contributed by atoms with Crippen molar-refractivity contribution >= 4 is 11.6 Å². The normalized spacial score (nSPS) is 9.38. The number of methoxy groups -OCH3 is 1. The van der Waals surface area contributed by atoms with E-state index < -0.39 is 0 Å². The Kier molecular flexibility index (Phi) is 3.16. The molecule has 1 aromatic carbocycles. The van der Waals surface area contributed by atoms with Crippen LogP contribution in [0.1, 0.15) is 18.1 Å². The van der Waals surface area contributed by atoms with E-state index in [9.17, 15) is 0 Å². The van der Waals surface area contributed by atoms with Gasteiger partial charge in [-0.05, 0) is 18.6 Å². The molecule has 1 aromatic rings. The van der Waals surface area contributed by atoms with Crippen LogP contribution in [0, 0.1) is 11.3 Å². The quantitative estimate of drug-likeness (QED) is 0.727. The summed E-state index contributed by atoms with van der Waals surface area (Å²) in [5.41, 5.74) is 1.50. The maximum atomic E-state index is 8.83. The van der Waals surface area contributed by atoms with Gasteiger partial charge in [-0.1, -0.05) is 18.5 Å². The summed E-state index contributed by atoms with van der Waals surface area (Å²) in [6.45, 7) is 1.98. The minimum absolute atomic E-state index is 0.533. The van der Waals surface area contributed by atoms with Crippen LogP contribution in [-0.4, -0.2) is 7.11 Å². The van der Waals surface area contributed by atoms with Crippen LogP contribution in [0.2, 0.25) is 5.02 Å². The van der Waals surface area contributed by atoms with Gasteiger partial charge in [0.1, 0.15) is 5.75 Å². The topological polar surface area (TPSA) is 33.0 Å². The zero-order chi connectivity index (χ0) is 9.84. The van der Waals surface area contributed by atoms with Crippen LogP contribution in [0.4, 0.5) is 0 Å². The molecule has 0 fully saturated rings. The van der Waals surface area contributed by atoms with Gasteiger partial charge in [0.25, 0.3) is 0 Å². The molecule has 0 spiro atoms. The van der Waals surface area contributed by atoms with Crippen LogP contribution in [0.25, 0.3) is 0 Å². The van der Waals surface area contributed by atoms with Gasteiger partial charge in [0.15, 0.2) is 0 Å². The third-order valence-corrected chi connectivity index (χ3v) is 2.09. The highest BCUT2D eigenvalue weighted by atomic mass is 35.5. The first kappa shape index (κ1) is 9.88. The first-order valence-corrected chi connectivity index (χ1v) is 4.37. The van der Waals surface area contributed by atoms with Gasteiger partial charge in [0.2, 0.25) is 0 Å². The molecule has 0 aromatic heterocycles. The molecule has 0 aliphatic rings. The molecular weight excluding hydrogens is 186 g/mol. The summed E-state index contributed by atoms with van der Waals surface area (Å²) >= 11 is 5.81. The number of halogens is 1. The molecule has 0 aliphatic carbocycles. The standard InChI is InChI=1S/C10H10ClNO/c1-3-9-7(6-12)4-8(11)5-10(9)13-2/h4-5H,3H2,1-2H3. The fourth-order valence-electron chi connectivity index (χ4n) is 1.26. The van der Waals surface area contributed by atoms with E-state index in [1.807, 2.05) is 6.92 Å². The minimum Gasteiger partial charge on any atom is -0.496 e. The van der Waals surface area contributed by atoms with E-state index in [1.165, 1.54) is 0 Å². The maximum absolute atomic E-state index is 8.83. The monoisotopic (exact) mass is 195 g/mol. The zero-order valence-corrected chi connectivity index (χ0v) is 8.35. The van der Waals surface area contributed by atoms with Crippen LogP contribution >= 0.6 is 11.6 Å². The number of rotatable bonds is 2. The third kappa shape index (κ3) is 1.93. The number of nitrogens with zero attached hydrogens (tertiary/aromatic N) is 1. The number of hydrogen-bond acceptors (Lipinski definition) is 2. The first-order chi connectivity index (χ1) is 6.22. The van der Waals surface area contributed by atoms with Gasteiger partial charge in [-0.15, -0.1) is 0 Å². The molecule has 0 atom stereocenters. The zero-order valence-electron chi connectivity index (χ0n) is 7.60. The average Bonchev–Trinajstić information content (AvgIpc) is 2.16. The van der Waals surface area contributed by atoms with E-state index in [2.05, 4.69) is 6.07 Å². The third-order valence-electron chi connectivity index (χ3n) is 1.87. The Bertz CT molecular complexity index is 355. The van der Waals surface area contributed by atoms with Crippen molar-refractivity contribution in [3.63, 3.8) is 0 Å². The van der Waals surface area contributed by atoms with Crippen molar-refractivity contribution in [3.05, 3.63) is 28.3 Å². The van der Waals surface area contributed by atoms with Crippen molar-refractivity contribution in [2.75, 3.05) is 7.11 Å². The number of ether oxygens (including phenoxy) is 1. The molecule has 0 radical (unpaired) electrons. The van der Waals surface area contributed by atoms with Crippen molar-refractivity contribution < 1.29 is 4.74 Å². The Labute approximate surface area is 82.7 Å². The molecule has 0 amide bonds. The summed E-state index contributed by atoms with van der Waals surface area (Å²) in [6, 6.07) is 5.48. The van der Waals surface area contributed by atoms with Gasteiger partial charge < -0.3 is 4.74 Å². The van der Waals surface area contributed by atoms with E-state index in [-0.39, 0.29) is 0 Å². The fraction of sp³-hybridized carbons (Fsp3) is 0.300. The minimum atomic E-state index is 0.533. The summed E-state index contributed by atoms with van der Waals surface area (Å²) in [7, 11) is 1.58. The molecule has 0 saturated heterocycles. The molecule has 0 bridgehead atoms. The summed E-state index contributed by atoms with van der Waals surface area (Å²) in [4.78, 5) is 0. The number of hydrogen-bond donors (Lipinski definition) is 0. The van der Waals surface area contributed by atoms with E-state index in [4.69, 9.17) is 21.6 Å². The molecule has 0 saturated carbocycles. The van der Waals surface area contributed by atoms with Crippen molar-refractivity contribution in [2.45, 2.75) is 13.3 Å². The van der Waals surface area contributed by atoms with E-state index in [0.717, 1.165) is 12.0 Å². The average molecular weight is 196 g/mol. The van der Waals surface area contributed by atoms with Crippen molar-refractivity contribution in [2.24, 2.45) is 0 Å². The fourth-order valence-corrected chi connectivity index (χ4v) is 1.47. The van der Waals surface area contributed by atoms with E-state index >= 15 is 0 Å². The molecule has 0 unspecified atom stereocenters. The Morgan fingerprint density at radius 1 is 1.54 bits per heavy atom. The molecule has 68 valence electrons. The lowest BCUT2D eigenvalue weighted by Gasteiger charge is -2.08. The maximum Gasteiger partial charge on any atom is 0.124 e. The van der Waals surface area contributed by atoms with Crippen LogP contribution in [0.3, 0.4) is 0 Å². The predicted octanol–water partition coefficient (Wildman–Crippen LogP) is 2.78. The SMILES string of the molecule is CCc1c(C#N)cc(Cl)cc1OC. The smallest absolute Gasteiger partial charge is 0.124 e. The van der Waals surface area contributed by atoms with Gasteiger partial charge in [-0.25, -0.2) is 0 Å². The van der Waals surface area contributed by atoms with Crippen molar-refractivity contribution in [3.8, 4) is 11.8 Å². The van der Waals surface area contributed by atoms with Crippen LogP contribution in [0.5, 0.6) is 5.75 Å². The lowest BCUT2D eigenvalue weighted by Crippen LogP contribution is -1.94. The summed E-state index contributed by atoms with van der Waals surface area (Å²) in [5, 5.41) is 9.36. The number of benzene rings is 1. The molecule has 3 heteroatoms. The molecule has 1 rings (SSSR count). The van der Waals surface area contributed by atoms with Crippen LogP contribution < -0.4 is 4.74 Å². The van der Waals surface area contributed by atoms with Gasteiger partial charge in [0, 0.05) is 10.6 Å². The highest BCUT2D eigenvalue weighted by Gasteiger charge is 2.08. The molecule has 0 N–H and O–H groups in total. The van der Waals surface area contributed by atoms with E-state index in [1.54, 1.807) is 19.2 Å². The Morgan fingerprint density at radius 2 is 2.23 bits per heavy atom. The highest BCUT2D eigenvalue weighted by molar-refractivity contribution is 6.30. The molecule has 2 nitrogen and oxygen atoms in total. The molecular formula is C10H10ClNO. The predicted molar refractivity (Wildman–Crippen MR) is 52.1 cm³/mol. The van der Waals surface area contributed by atoms with Crippen molar-refractivity contribution in [1.82, 2.24) is 0 Å². The summed E-state index contributed by atoms with van der Waals surface area (Å²) in [5.74, 6) is 0.687. The van der Waals surface area contributed by atoms with Crippen LogP contribution in [-0.2, 0) is 6.42 Å². The largest absolute Gasteiger partial charge is 0.496 e. The highest BCUT2D eigenvalue weighted by Crippen LogP contribution is 2.27. The lowest BCUT2D eigenvalue weighted by molar-refractivity contribution is 0.410. The second kappa shape index (κ2) is 4.15. The molecule has 13 heavy (non-hydrogen) atoms.